The topological polar surface area (TPSA) is 60.7 Å². The number of rotatable bonds is 3. The van der Waals surface area contributed by atoms with Crippen molar-refractivity contribution in [1.29, 1.82) is 0 Å². The molecule has 0 spiro atoms. The van der Waals surface area contributed by atoms with Gasteiger partial charge in [-0.3, -0.25) is 19.4 Å². The first-order valence-corrected chi connectivity index (χ1v) is 6.85. The van der Waals surface area contributed by atoms with Crippen LogP contribution in [0.2, 0.25) is 0 Å². The third kappa shape index (κ3) is 2.86. The molecule has 22 heavy (non-hydrogen) atoms. The quantitative estimate of drug-likeness (QED) is 0.548. The van der Waals surface area contributed by atoms with Crippen molar-refractivity contribution in [2.24, 2.45) is 7.05 Å². The van der Waals surface area contributed by atoms with Crippen LogP contribution in [0.15, 0.2) is 36.9 Å². The van der Waals surface area contributed by atoms with Gasteiger partial charge < -0.3 is 0 Å². The van der Waals surface area contributed by atoms with E-state index in [-0.39, 0.29) is 12.2 Å². The molecule has 0 bridgehead atoms. The molecule has 0 aliphatic rings. The number of Topliss-reactive ketones (excluding diaryl/α,β-unsaturated/α-hetero) is 1. The lowest BCUT2D eigenvalue weighted by molar-refractivity contribution is -0.113. The Morgan fingerprint density at radius 1 is 1.18 bits per heavy atom. The van der Waals surface area contributed by atoms with Gasteiger partial charge in [0.25, 0.3) is 0 Å². The zero-order valence-electron chi connectivity index (χ0n) is 12.4. The van der Waals surface area contributed by atoms with E-state index < -0.39 is 0 Å². The highest BCUT2D eigenvalue weighted by atomic mass is 16.1. The normalized spacial score (nSPS) is 10.3. The smallest absolute Gasteiger partial charge is 0.211 e. The molecule has 0 aliphatic carbocycles. The number of pyridine rings is 2. The van der Waals surface area contributed by atoms with Crippen LogP contribution in [0.4, 0.5) is 0 Å². The van der Waals surface area contributed by atoms with Gasteiger partial charge in [-0.2, -0.15) is 5.10 Å². The van der Waals surface area contributed by atoms with Crippen LogP contribution >= 0.6 is 0 Å². The number of hydrogen-bond acceptors (Lipinski definition) is 4. The van der Waals surface area contributed by atoms with E-state index in [2.05, 4.69) is 26.9 Å². The minimum Gasteiger partial charge on any atom is -0.284 e. The number of carbonyl (C=O) groups excluding carboxylic acids is 1. The molecular weight excluding hydrogens is 276 g/mol. The van der Waals surface area contributed by atoms with E-state index in [4.69, 9.17) is 0 Å². The van der Waals surface area contributed by atoms with Crippen molar-refractivity contribution in [2.75, 3.05) is 0 Å². The fourth-order valence-electron chi connectivity index (χ4n) is 2.25. The summed E-state index contributed by atoms with van der Waals surface area (Å²) < 4.78 is 1.75. The summed E-state index contributed by atoms with van der Waals surface area (Å²) >= 11 is 0. The molecule has 0 aromatic carbocycles. The van der Waals surface area contributed by atoms with Gasteiger partial charge in [-0.1, -0.05) is 5.92 Å². The average molecular weight is 290 g/mol. The lowest BCUT2D eigenvalue weighted by Gasteiger charge is -2.03. The van der Waals surface area contributed by atoms with Gasteiger partial charge in [-0.05, 0) is 25.0 Å². The minimum atomic E-state index is -0.134. The first kappa shape index (κ1) is 14.0. The van der Waals surface area contributed by atoms with Crippen LogP contribution in [-0.4, -0.2) is 25.5 Å². The fourth-order valence-corrected chi connectivity index (χ4v) is 2.25. The molecule has 3 aromatic rings. The van der Waals surface area contributed by atoms with Crippen LogP contribution in [0.5, 0.6) is 0 Å². The molecule has 0 aliphatic heterocycles. The fraction of sp³-hybridized carbons (Fsp3) is 0.176. The van der Waals surface area contributed by atoms with Crippen molar-refractivity contribution in [1.82, 2.24) is 19.7 Å². The molecule has 108 valence electrons. The van der Waals surface area contributed by atoms with Gasteiger partial charge in [0.2, 0.25) is 5.78 Å². The highest BCUT2D eigenvalue weighted by Gasteiger charge is 2.06. The monoisotopic (exact) mass is 290 g/mol. The second-order valence-electron chi connectivity index (χ2n) is 4.97. The highest BCUT2D eigenvalue weighted by Crippen LogP contribution is 2.22. The summed E-state index contributed by atoms with van der Waals surface area (Å²) in [5.74, 6) is 5.00. The van der Waals surface area contributed by atoms with Crippen molar-refractivity contribution in [3.63, 3.8) is 0 Å². The third-order valence-electron chi connectivity index (χ3n) is 3.27. The van der Waals surface area contributed by atoms with Gasteiger partial charge in [-0.25, -0.2) is 0 Å². The maximum Gasteiger partial charge on any atom is 0.211 e. The molecule has 5 heteroatoms. The van der Waals surface area contributed by atoms with Crippen molar-refractivity contribution < 1.29 is 4.79 Å². The van der Waals surface area contributed by atoms with Gasteiger partial charge in [0, 0.05) is 41.6 Å². The summed E-state index contributed by atoms with van der Waals surface area (Å²) in [6, 6.07) is 3.91. The molecule has 0 unspecified atom stereocenters. The Labute approximate surface area is 128 Å². The van der Waals surface area contributed by atoms with Crippen LogP contribution in [-0.2, 0) is 18.3 Å². The molecule has 0 fully saturated rings. The van der Waals surface area contributed by atoms with Gasteiger partial charge in [0.05, 0.1) is 24.3 Å². The number of nitrogens with zero attached hydrogens (tertiary/aromatic N) is 4. The van der Waals surface area contributed by atoms with Gasteiger partial charge in [-0.15, -0.1) is 0 Å². The van der Waals surface area contributed by atoms with E-state index in [0.29, 0.717) is 5.69 Å². The van der Waals surface area contributed by atoms with E-state index in [0.717, 1.165) is 22.0 Å². The Morgan fingerprint density at radius 3 is 2.77 bits per heavy atom. The predicted octanol–water partition coefficient (Wildman–Crippen LogP) is 2.17. The summed E-state index contributed by atoms with van der Waals surface area (Å²) in [5, 5.41) is 5.11. The average Bonchev–Trinajstić information content (AvgIpc) is 2.93. The van der Waals surface area contributed by atoms with Crippen LogP contribution < -0.4 is 0 Å². The summed E-state index contributed by atoms with van der Waals surface area (Å²) in [5.41, 5.74) is 3.48. The van der Waals surface area contributed by atoms with E-state index in [9.17, 15) is 4.79 Å². The summed E-state index contributed by atoms with van der Waals surface area (Å²) in [6.07, 6.45) is 7.43. The molecule has 0 N–H and O–H groups in total. The van der Waals surface area contributed by atoms with Gasteiger partial charge in [0.1, 0.15) is 0 Å². The standard InChI is InChI=1S/C17H14N4O/c1-3-4-16(22)7-15-6-12-5-13(8-19-17(12)10-18-15)14-9-20-21(2)11-14/h5-6,8-11H,7H2,1-2H3. The predicted molar refractivity (Wildman–Crippen MR) is 83.9 cm³/mol. The Kier molecular flexibility index (Phi) is 3.67. The van der Waals surface area contributed by atoms with Crippen molar-refractivity contribution in [2.45, 2.75) is 13.3 Å². The summed E-state index contributed by atoms with van der Waals surface area (Å²) in [4.78, 5) is 20.3. The number of carbonyl (C=O) groups is 1. The Balaban J connectivity index is 1.98. The third-order valence-corrected chi connectivity index (χ3v) is 3.27. The molecule has 0 radical (unpaired) electrons. The van der Waals surface area contributed by atoms with Crippen LogP contribution in [0, 0.1) is 11.8 Å². The minimum absolute atomic E-state index is 0.134. The van der Waals surface area contributed by atoms with Crippen LogP contribution in [0.1, 0.15) is 12.6 Å². The molecule has 0 atom stereocenters. The number of aryl methyl sites for hydroxylation is 1. The van der Waals surface area contributed by atoms with Crippen molar-refractivity contribution in [3.8, 4) is 23.0 Å². The molecule has 5 nitrogen and oxygen atoms in total. The second-order valence-corrected chi connectivity index (χ2v) is 4.97. The zero-order chi connectivity index (χ0) is 15.5. The summed E-state index contributed by atoms with van der Waals surface area (Å²) in [7, 11) is 1.88. The summed E-state index contributed by atoms with van der Waals surface area (Å²) in [6.45, 7) is 1.65. The van der Waals surface area contributed by atoms with E-state index in [1.807, 2.05) is 25.4 Å². The maximum atomic E-state index is 11.6. The highest BCUT2D eigenvalue weighted by molar-refractivity contribution is 5.97. The molecule has 3 aromatic heterocycles. The van der Waals surface area contributed by atoms with Crippen LogP contribution in [0.25, 0.3) is 22.0 Å². The Morgan fingerprint density at radius 2 is 2.05 bits per heavy atom. The largest absolute Gasteiger partial charge is 0.284 e. The molecule has 0 amide bonds. The van der Waals surface area contributed by atoms with Gasteiger partial charge in [0.15, 0.2) is 0 Å². The maximum absolute atomic E-state index is 11.6. The Bertz CT molecular complexity index is 915. The van der Waals surface area contributed by atoms with Crippen molar-refractivity contribution >= 4 is 16.7 Å². The molecule has 3 heterocycles. The van der Waals surface area contributed by atoms with Gasteiger partial charge >= 0.3 is 0 Å². The van der Waals surface area contributed by atoms with Crippen molar-refractivity contribution in [3.05, 3.63) is 42.6 Å². The second kappa shape index (κ2) is 5.78. The lowest BCUT2D eigenvalue weighted by atomic mass is 10.1. The van der Waals surface area contributed by atoms with Crippen LogP contribution in [0.3, 0.4) is 0 Å². The SMILES string of the molecule is CC#CC(=O)Cc1cc2cc(-c3cnn(C)c3)cnc2cn1. The number of ketones is 1. The molecule has 0 saturated heterocycles. The number of hydrogen-bond donors (Lipinski definition) is 0. The zero-order valence-corrected chi connectivity index (χ0v) is 12.4. The molecule has 0 saturated carbocycles. The Hall–Kier alpha value is -3.00. The van der Waals surface area contributed by atoms with E-state index in [1.165, 1.54) is 0 Å². The van der Waals surface area contributed by atoms with E-state index >= 15 is 0 Å². The first-order chi connectivity index (χ1) is 10.7. The number of fused-ring (bicyclic) bond motifs is 1. The number of aromatic nitrogens is 4. The first-order valence-electron chi connectivity index (χ1n) is 6.85. The lowest BCUT2D eigenvalue weighted by Crippen LogP contribution is -2.01. The molecular formula is C17H14N4O. The molecule has 3 rings (SSSR count). The van der Waals surface area contributed by atoms with E-state index in [1.54, 1.807) is 30.2 Å².